The number of aromatic nitrogens is 2. The molecular weight excluding hydrogens is 342 g/mol. The zero-order valence-corrected chi connectivity index (χ0v) is 15.8. The smallest absolute Gasteiger partial charge is 0.242 e. The van der Waals surface area contributed by atoms with Crippen LogP contribution in [0.1, 0.15) is 24.5 Å². The zero-order valence-electron chi connectivity index (χ0n) is 15.0. The van der Waals surface area contributed by atoms with E-state index in [2.05, 4.69) is 41.8 Å². The molecule has 0 aliphatic carbocycles. The quantitative estimate of drug-likeness (QED) is 0.638. The van der Waals surface area contributed by atoms with Gasteiger partial charge in [0.1, 0.15) is 6.54 Å². The third-order valence-electron chi connectivity index (χ3n) is 4.83. The first-order chi connectivity index (χ1) is 12.8. The summed E-state index contributed by atoms with van der Waals surface area (Å²) in [5, 5.41) is 0.943. The summed E-state index contributed by atoms with van der Waals surface area (Å²) in [7, 11) is 0. The molecule has 0 saturated heterocycles. The molecule has 1 aromatic heterocycles. The van der Waals surface area contributed by atoms with Crippen LogP contribution >= 0.6 is 11.8 Å². The number of para-hydroxylation sites is 2. The highest BCUT2D eigenvalue weighted by Gasteiger charge is 2.22. The first-order valence-electron chi connectivity index (χ1n) is 9.19. The maximum atomic E-state index is 13.0. The van der Waals surface area contributed by atoms with E-state index in [1.165, 1.54) is 11.1 Å². The lowest BCUT2D eigenvalue weighted by molar-refractivity contribution is -0.132. The number of carbonyl (C=O) groups is 1. The maximum Gasteiger partial charge on any atom is 0.242 e. The van der Waals surface area contributed by atoms with E-state index in [9.17, 15) is 4.79 Å². The van der Waals surface area contributed by atoms with Gasteiger partial charge in [-0.05, 0) is 36.1 Å². The van der Waals surface area contributed by atoms with Crippen molar-refractivity contribution in [2.75, 3.05) is 12.3 Å². The lowest BCUT2D eigenvalue weighted by atomic mass is 10.00. The van der Waals surface area contributed by atoms with Gasteiger partial charge in [0, 0.05) is 18.8 Å². The average Bonchev–Trinajstić information content (AvgIpc) is 3.03. The standard InChI is InChI=1S/C21H23N3OS/c1-2-13-26-21-22-18-9-5-6-10-19(18)24(21)15-20(25)23-12-11-16-7-3-4-8-17(16)14-23/h3-10H,2,11-15H2,1H3. The molecule has 0 bridgehead atoms. The number of imidazole rings is 1. The van der Waals surface area contributed by atoms with Gasteiger partial charge in [-0.15, -0.1) is 0 Å². The molecule has 0 unspecified atom stereocenters. The average molecular weight is 366 g/mol. The Morgan fingerprint density at radius 3 is 2.73 bits per heavy atom. The molecule has 0 radical (unpaired) electrons. The van der Waals surface area contributed by atoms with Crippen LogP contribution in [0.5, 0.6) is 0 Å². The summed E-state index contributed by atoms with van der Waals surface area (Å²) in [5.74, 6) is 1.18. The SMILES string of the molecule is CCCSc1nc2ccccc2n1CC(=O)N1CCc2ccccc2C1. The van der Waals surface area contributed by atoms with Crippen molar-refractivity contribution in [3.05, 3.63) is 59.7 Å². The van der Waals surface area contributed by atoms with Gasteiger partial charge in [-0.2, -0.15) is 0 Å². The van der Waals surface area contributed by atoms with E-state index in [1.54, 1.807) is 11.8 Å². The van der Waals surface area contributed by atoms with Gasteiger partial charge in [-0.25, -0.2) is 4.98 Å². The zero-order chi connectivity index (χ0) is 17.9. The monoisotopic (exact) mass is 365 g/mol. The summed E-state index contributed by atoms with van der Waals surface area (Å²) in [6, 6.07) is 16.5. The highest BCUT2D eigenvalue weighted by molar-refractivity contribution is 7.99. The van der Waals surface area contributed by atoms with Gasteiger partial charge >= 0.3 is 0 Å². The Hall–Kier alpha value is -2.27. The molecule has 134 valence electrons. The largest absolute Gasteiger partial charge is 0.336 e. The Kier molecular flexibility index (Phi) is 4.98. The number of fused-ring (bicyclic) bond motifs is 2. The van der Waals surface area contributed by atoms with Crippen LogP contribution < -0.4 is 0 Å². The third kappa shape index (κ3) is 3.36. The van der Waals surface area contributed by atoms with Crippen molar-refractivity contribution in [2.24, 2.45) is 0 Å². The molecule has 0 fully saturated rings. The summed E-state index contributed by atoms with van der Waals surface area (Å²) in [6.07, 6.45) is 2.02. The van der Waals surface area contributed by atoms with E-state index in [-0.39, 0.29) is 5.91 Å². The highest BCUT2D eigenvalue weighted by Crippen LogP contribution is 2.25. The van der Waals surface area contributed by atoms with E-state index >= 15 is 0 Å². The normalized spacial score (nSPS) is 13.8. The molecule has 0 saturated carbocycles. The first kappa shape index (κ1) is 17.2. The lowest BCUT2D eigenvalue weighted by Crippen LogP contribution is -2.38. The second-order valence-electron chi connectivity index (χ2n) is 6.65. The van der Waals surface area contributed by atoms with Crippen LogP contribution in [0.3, 0.4) is 0 Å². The Balaban J connectivity index is 1.58. The molecule has 1 aliphatic heterocycles. The number of thioether (sulfide) groups is 1. The van der Waals surface area contributed by atoms with E-state index in [4.69, 9.17) is 4.98 Å². The number of nitrogens with zero attached hydrogens (tertiary/aromatic N) is 3. The van der Waals surface area contributed by atoms with Gasteiger partial charge in [0.15, 0.2) is 5.16 Å². The third-order valence-corrected chi connectivity index (χ3v) is 6.01. The summed E-state index contributed by atoms with van der Waals surface area (Å²) < 4.78 is 2.08. The highest BCUT2D eigenvalue weighted by atomic mass is 32.2. The van der Waals surface area contributed by atoms with E-state index in [0.717, 1.165) is 41.3 Å². The summed E-state index contributed by atoms with van der Waals surface area (Å²) in [6.45, 7) is 4.02. The Labute approximate surface area is 158 Å². The Morgan fingerprint density at radius 1 is 1.12 bits per heavy atom. The fourth-order valence-corrected chi connectivity index (χ4v) is 4.32. The molecule has 2 heterocycles. The van der Waals surface area contributed by atoms with Gasteiger partial charge in [-0.3, -0.25) is 4.79 Å². The van der Waals surface area contributed by atoms with E-state index in [0.29, 0.717) is 13.1 Å². The van der Waals surface area contributed by atoms with Crippen molar-refractivity contribution in [3.63, 3.8) is 0 Å². The van der Waals surface area contributed by atoms with E-state index < -0.39 is 0 Å². The Bertz CT molecular complexity index is 934. The molecule has 2 aromatic carbocycles. The van der Waals surface area contributed by atoms with Gasteiger partial charge in [0.2, 0.25) is 5.91 Å². The second-order valence-corrected chi connectivity index (χ2v) is 7.71. The minimum atomic E-state index is 0.168. The van der Waals surface area contributed by atoms with E-state index in [1.807, 2.05) is 23.1 Å². The maximum absolute atomic E-state index is 13.0. The first-order valence-corrected chi connectivity index (χ1v) is 10.2. The predicted octanol–water partition coefficient (Wildman–Crippen LogP) is 4.12. The molecule has 1 aliphatic rings. The number of hydrogen-bond acceptors (Lipinski definition) is 3. The molecule has 4 rings (SSSR count). The Morgan fingerprint density at radius 2 is 1.88 bits per heavy atom. The van der Waals surface area contributed by atoms with Crippen LogP contribution in [0.4, 0.5) is 0 Å². The molecular formula is C21H23N3OS. The van der Waals surface area contributed by atoms with Crippen LogP contribution in [0, 0.1) is 0 Å². The van der Waals surface area contributed by atoms with Crippen molar-refractivity contribution in [3.8, 4) is 0 Å². The molecule has 1 amide bonds. The van der Waals surface area contributed by atoms with Crippen LogP contribution in [0.15, 0.2) is 53.7 Å². The van der Waals surface area contributed by atoms with Gasteiger partial charge in [0.05, 0.1) is 11.0 Å². The number of amides is 1. The molecule has 0 atom stereocenters. The molecule has 4 nitrogen and oxygen atoms in total. The predicted molar refractivity (Wildman–Crippen MR) is 106 cm³/mol. The van der Waals surface area contributed by atoms with Crippen molar-refractivity contribution in [2.45, 2.75) is 38.0 Å². The summed E-state index contributed by atoms with van der Waals surface area (Å²) in [5.41, 5.74) is 4.63. The van der Waals surface area contributed by atoms with Crippen LogP contribution in [0.25, 0.3) is 11.0 Å². The van der Waals surface area contributed by atoms with Gasteiger partial charge < -0.3 is 9.47 Å². The second kappa shape index (κ2) is 7.54. The van der Waals surface area contributed by atoms with Gasteiger partial charge in [0.25, 0.3) is 0 Å². The van der Waals surface area contributed by atoms with Crippen molar-refractivity contribution in [1.29, 1.82) is 0 Å². The number of carbonyl (C=O) groups excluding carboxylic acids is 1. The minimum absolute atomic E-state index is 0.168. The lowest BCUT2D eigenvalue weighted by Gasteiger charge is -2.29. The van der Waals surface area contributed by atoms with Crippen LogP contribution in [0.2, 0.25) is 0 Å². The fourth-order valence-electron chi connectivity index (χ4n) is 3.45. The topological polar surface area (TPSA) is 38.1 Å². The summed E-state index contributed by atoms with van der Waals surface area (Å²) in [4.78, 5) is 19.7. The van der Waals surface area contributed by atoms with Crippen LogP contribution in [-0.4, -0.2) is 32.7 Å². The molecule has 26 heavy (non-hydrogen) atoms. The molecule has 0 spiro atoms. The van der Waals surface area contributed by atoms with Crippen LogP contribution in [-0.2, 0) is 24.3 Å². The summed E-state index contributed by atoms with van der Waals surface area (Å²) >= 11 is 1.73. The van der Waals surface area contributed by atoms with Crippen molar-refractivity contribution < 1.29 is 4.79 Å². The number of rotatable bonds is 5. The minimum Gasteiger partial charge on any atom is -0.336 e. The molecule has 5 heteroatoms. The van der Waals surface area contributed by atoms with Crippen molar-refractivity contribution in [1.82, 2.24) is 14.5 Å². The molecule has 3 aromatic rings. The van der Waals surface area contributed by atoms with Gasteiger partial charge in [-0.1, -0.05) is 55.1 Å². The van der Waals surface area contributed by atoms with Crippen molar-refractivity contribution >= 4 is 28.7 Å². The molecule has 0 N–H and O–H groups in total. The number of benzene rings is 2. The number of hydrogen-bond donors (Lipinski definition) is 0. The fraction of sp³-hybridized carbons (Fsp3) is 0.333.